The first-order valence-electron chi connectivity index (χ1n) is 14.8. The Labute approximate surface area is 267 Å². The van der Waals surface area contributed by atoms with Crippen LogP contribution in [-0.4, -0.2) is 50.0 Å². The van der Waals surface area contributed by atoms with Gasteiger partial charge < -0.3 is 10.2 Å². The number of hydrogen-bond donors (Lipinski definition) is 1. The van der Waals surface area contributed by atoms with Gasteiger partial charge in [0.1, 0.15) is 12.6 Å². The highest BCUT2D eigenvalue weighted by molar-refractivity contribution is 7.92. The lowest BCUT2D eigenvalue weighted by molar-refractivity contribution is -0.140. The smallest absolute Gasteiger partial charge is 0.352 e. The van der Waals surface area contributed by atoms with Crippen LogP contribution in [0.2, 0.25) is 5.02 Å². The first-order chi connectivity index (χ1) is 21.2. The molecule has 1 aliphatic rings. The Morgan fingerprint density at radius 1 is 0.956 bits per heavy atom. The quantitative estimate of drug-likeness (QED) is 0.253. The van der Waals surface area contributed by atoms with Crippen LogP contribution in [0, 0.1) is 6.92 Å². The molecule has 3 aromatic rings. The zero-order valence-electron chi connectivity index (χ0n) is 25.2. The highest BCUT2D eigenvalue weighted by Gasteiger charge is 2.37. The maximum atomic E-state index is 14.2. The number of halogens is 4. The van der Waals surface area contributed by atoms with E-state index in [1.807, 2.05) is 61.5 Å². The zero-order chi connectivity index (χ0) is 32.8. The van der Waals surface area contributed by atoms with Gasteiger partial charge in [0.15, 0.2) is 0 Å². The summed E-state index contributed by atoms with van der Waals surface area (Å²) in [6, 6.07) is 18.1. The number of carbonyl (C=O) groups excluding carboxylic acids is 2. The molecule has 7 nitrogen and oxygen atoms in total. The van der Waals surface area contributed by atoms with E-state index in [-0.39, 0.29) is 30.6 Å². The van der Waals surface area contributed by atoms with E-state index in [1.54, 1.807) is 0 Å². The fraction of sp³-hybridized carbons (Fsp3) is 0.394. The Morgan fingerprint density at radius 2 is 1.60 bits per heavy atom. The van der Waals surface area contributed by atoms with Crippen molar-refractivity contribution >= 4 is 39.1 Å². The summed E-state index contributed by atoms with van der Waals surface area (Å²) in [5.41, 5.74) is 0.876. The number of benzene rings is 3. The van der Waals surface area contributed by atoms with Gasteiger partial charge in [0.05, 0.1) is 22.5 Å². The maximum absolute atomic E-state index is 14.2. The summed E-state index contributed by atoms with van der Waals surface area (Å²) < 4.78 is 67.5. The van der Waals surface area contributed by atoms with Crippen molar-refractivity contribution < 1.29 is 31.2 Å². The molecule has 1 aliphatic carbocycles. The van der Waals surface area contributed by atoms with Crippen molar-refractivity contribution in [1.29, 1.82) is 0 Å². The number of hydrogen-bond acceptors (Lipinski definition) is 4. The van der Waals surface area contributed by atoms with E-state index in [2.05, 4.69) is 5.32 Å². The van der Waals surface area contributed by atoms with Gasteiger partial charge in [0.2, 0.25) is 21.8 Å². The molecular formula is C33H37ClF3N3O4S. The van der Waals surface area contributed by atoms with Gasteiger partial charge in [-0.3, -0.25) is 13.9 Å². The predicted molar refractivity (Wildman–Crippen MR) is 169 cm³/mol. The lowest BCUT2D eigenvalue weighted by Gasteiger charge is -2.35. The summed E-state index contributed by atoms with van der Waals surface area (Å²) in [6.07, 6.45) is 0.773. The Kier molecular flexibility index (Phi) is 11.2. The van der Waals surface area contributed by atoms with Crippen LogP contribution < -0.4 is 9.62 Å². The number of rotatable bonds is 11. The highest BCUT2D eigenvalue weighted by Crippen LogP contribution is 2.37. The normalized spacial score (nSPS) is 14.9. The molecule has 0 radical (unpaired) electrons. The second-order valence-electron chi connectivity index (χ2n) is 11.5. The Bertz CT molecular complexity index is 1580. The van der Waals surface area contributed by atoms with Crippen molar-refractivity contribution in [3.63, 3.8) is 0 Å². The predicted octanol–water partition coefficient (Wildman–Crippen LogP) is 6.52. The molecule has 1 fully saturated rings. The fourth-order valence-corrected chi connectivity index (χ4v) is 6.55. The molecule has 2 amide bonds. The number of alkyl halides is 3. The molecule has 1 atom stereocenters. The topological polar surface area (TPSA) is 86.8 Å². The van der Waals surface area contributed by atoms with Crippen LogP contribution in [0.5, 0.6) is 0 Å². The molecule has 45 heavy (non-hydrogen) atoms. The molecule has 0 spiro atoms. The maximum Gasteiger partial charge on any atom is 0.417 e. The molecule has 0 bridgehead atoms. The number of anilines is 1. The SMILES string of the molecule is Cc1ccc(CN(C(=O)CN(c2ccc(Cl)c(C(F)(F)F)c2)S(C)(=O)=O)[C@@H](Cc2ccccc2)C(=O)NC2CCCCC2)cc1. The molecule has 242 valence electrons. The van der Waals surface area contributed by atoms with Crippen LogP contribution in [-0.2, 0) is 38.8 Å². The third-order valence-corrected chi connectivity index (χ3v) is 9.39. The molecule has 0 unspecified atom stereocenters. The fourth-order valence-electron chi connectivity index (χ4n) is 5.49. The summed E-state index contributed by atoms with van der Waals surface area (Å²) in [5.74, 6) is -1.12. The van der Waals surface area contributed by atoms with E-state index in [4.69, 9.17) is 11.6 Å². The Balaban J connectivity index is 1.75. The minimum Gasteiger partial charge on any atom is -0.352 e. The molecule has 0 aromatic heterocycles. The van der Waals surface area contributed by atoms with Crippen LogP contribution in [0.15, 0.2) is 72.8 Å². The number of nitrogens with one attached hydrogen (secondary N) is 1. The summed E-state index contributed by atoms with van der Waals surface area (Å²) in [5, 5.41) is 2.51. The standard InChI is InChI=1S/C33H37ClF3N3O4S/c1-23-13-15-25(16-14-23)21-39(30(19-24-9-5-3-6-10-24)32(42)38-26-11-7-4-8-12-26)31(41)22-40(45(2,43)44)27-17-18-29(34)28(20-27)33(35,36)37/h3,5-6,9-10,13-18,20,26,30H,4,7-8,11-12,19,21-22H2,1-2H3,(H,38,42)/t30-/m0/s1. The monoisotopic (exact) mass is 663 g/mol. The number of amides is 2. The van der Waals surface area contributed by atoms with Gasteiger partial charge in [-0.2, -0.15) is 13.2 Å². The van der Waals surface area contributed by atoms with Gasteiger partial charge >= 0.3 is 6.18 Å². The van der Waals surface area contributed by atoms with Crippen molar-refractivity contribution in [2.45, 2.75) is 70.3 Å². The molecule has 3 aromatic carbocycles. The minimum absolute atomic E-state index is 0.0271. The molecule has 12 heteroatoms. The van der Waals surface area contributed by atoms with E-state index in [1.165, 1.54) is 4.90 Å². The van der Waals surface area contributed by atoms with E-state index < -0.39 is 45.3 Å². The molecule has 1 N–H and O–H groups in total. The van der Waals surface area contributed by atoms with Gasteiger partial charge in [0.25, 0.3) is 0 Å². The van der Waals surface area contributed by atoms with E-state index >= 15 is 0 Å². The molecule has 0 saturated heterocycles. The van der Waals surface area contributed by atoms with Crippen LogP contribution in [0.25, 0.3) is 0 Å². The third-order valence-electron chi connectivity index (χ3n) is 7.92. The van der Waals surface area contributed by atoms with E-state index in [0.717, 1.165) is 61.6 Å². The number of aryl methyl sites for hydroxylation is 1. The van der Waals surface area contributed by atoms with Gasteiger partial charge in [-0.15, -0.1) is 0 Å². The lowest BCUT2D eigenvalue weighted by atomic mass is 9.94. The van der Waals surface area contributed by atoms with Gasteiger partial charge in [-0.25, -0.2) is 8.42 Å². The zero-order valence-corrected chi connectivity index (χ0v) is 26.8. The molecule has 1 saturated carbocycles. The first-order valence-corrected chi connectivity index (χ1v) is 17.0. The van der Waals surface area contributed by atoms with Gasteiger partial charge in [-0.05, 0) is 49.1 Å². The first kappa shape index (κ1) is 34.3. The van der Waals surface area contributed by atoms with Crippen LogP contribution in [0.1, 0.15) is 54.4 Å². The minimum atomic E-state index is -4.85. The highest BCUT2D eigenvalue weighted by atomic mass is 35.5. The van der Waals surface area contributed by atoms with Crippen molar-refractivity contribution in [3.8, 4) is 0 Å². The largest absolute Gasteiger partial charge is 0.417 e. The average Bonchev–Trinajstić information content (AvgIpc) is 2.99. The molecule has 0 aliphatic heterocycles. The molecule has 0 heterocycles. The van der Waals surface area contributed by atoms with E-state index in [0.29, 0.717) is 15.9 Å². The lowest BCUT2D eigenvalue weighted by Crippen LogP contribution is -2.55. The van der Waals surface area contributed by atoms with Gasteiger partial charge in [0, 0.05) is 19.0 Å². The second kappa shape index (κ2) is 14.7. The van der Waals surface area contributed by atoms with Crippen LogP contribution in [0.3, 0.4) is 0 Å². The summed E-state index contributed by atoms with van der Waals surface area (Å²) >= 11 is 5.78. The van der Waals surface area contributed by atoms with Crippen molar-refractivity contribution in [2.75, 3.05) is 17.1 Å². The number of nitrogens with zero attached hydrogens (tertiary/aromatic N) is 2. The van der Waals surface area contributed by atoms with Crippen LogP contribution in [0.4, 0.5) is 18.9 Å². The molecule has 4 rings (SSSR count). The van der Waals surface area contributed by atoms with E-state index in [9.17, 15) is 31.2 Å². The average molecular weight is 664 g/mol. The van der Waals surface area contributed by atoms with Crippen molar-refractivity contribution in [3.05, 3.63) is 100 Å². The van der Waals surface area contributed by atoms with Gasteiger partial charge in [-0.1, -0.05) is 91.0 Å². The number of carbonyl (C=O) groups is 2. The van der Waals surface area contributed by atoms with Crippen molar-refractivity contribution in [2.24, 2.45) is 0 Å². The number of sulfonamides is 1. The molecular weight excluding hydrogens is 627 g/mol. The second-order valence-corrected chi connectivity index (χ2v) is 13.8. The summed E-state index contributed by atoms with van der Waals surface area (Å²) in [4.78, 5) is 29.5. The Hall–Kier alpha value is -3.57. The van der Waals surface area contributed by atoms with Crippen LogP contribution >= 0.6 is 11.6 Å². The Morgan fingerprint density at radius 3 is 2.20 bits per heavy atom. The van der Waals surface area contributed by atoms with Crippen molar-refractivity contribution in [1.82, 2.24) is 10.2 Å². The third kappa shape index (κ3) is 9.46. The summed E-state index contributed by atoms with van der Waals surface area (Å²) in [7, 11) is -4.25. The summed E-state index contributed by atoms with van der Waals surface area (Å²) in [6.45, 7) is 1.06.